The van der Waals surface area contributed by atoms with Crippen molar-refractivity contribution in [2.24, 2.45) is 5.41 Å². The van der Waals surface area contributed by atoms with Crippen molar-refractivity contribution in [1.29, 1.82) is 0 Å². The van der Waals surface area contributed by atoms with Gasteiger partial charge in [-0.1, -0.05) is 5.16 Å². The number of hydrogen-bond acceptors (Lipinski definition) is 6. The van der Waals surface area contributed by atoms with Crippen molar-refractivity contribution in [3.8, 4) is 0 Å². The molecule has 3 saturated heterocycles. The first-order valence-corrected chi connectivity index (χ1v) is 9.07. The van der Waals surface area contributed by atoms with Crippen LogP contribution < -0.4 is 0 Å². The van der Waals surface area contributed by atoms with Crippen molar-refractivity contribution in [3.05, 3.63) is 11.7 Å². The molecule has 132 valence electrons. The van der Waals surface area contributed by atoms with Gasteiger partial charge in [0.25, 0.3) is 0 Å². The van der Waals surface area contributed by atoms with Gasteiger partial charge in [0, 0.05) is 39.3 Å². The van der Waals surface area contributed by atoms with Crippen LogP contribution in [-0.4, -0.2) is 64.7 Å². The first-order valence-electron chi connectivity index (χ1n) is 9.07. The van der Waals surface area contributed by atoms with Crippen LogP contribution in [0.15, 0.2) is 4.52 Å². The Balaban J connectivity index is 1.43. The van der Waals surface area contributed by atoms with E-state index in [2.05, 4.69) is 19.9 Å². The smallest absolute Gasteiger partial charge is 0.230 e. The van der Waals surface area contributed by atoms with Crippen molar-refractivity contribution in [2.75, 3.05) is 32.8 Å². The maximum Gasteiger partial charge on any atom is 0.230 e. The molecule has 0 radical (unpaired) electrons. The molecular weight excluding hydrogens is 308 g/mol. The zero-order valence-electron chi connectivity index (χ0n) is 14.4. The highest BCUT2D eigenvalue weighted by molar-refractivity contribution is 5.84. The normalized spacial score (nSPS) is 29.7. The second-order valence-electron chi connectivity index (χ2n) is 7.42. The Morgan fingerprint density at radius 1 is 1.25 bits per heavy atom. The zero-order valence-corrected chi connectivity index (χ0v) is 14.4. The van der Waals surface area contributed by atoms with Crippen LogP contribution in [0.3, 0.4) is 0 Å². The van der Waals surface area contributed by atoms with Gasteiger partial charge in [0.1, 0.15) is 0 Å². The molecule has 0 aliphatic carbocycles. The Morgan fingerprint density at radius 3 is 2.83 bits per heavy atom. The predicted molar refractivity (Wildman–Crippen MR) is 86.2 cm³/mol. The monoisotopic (exact) mass is 334 g/mol. The fraction of sp³-hybridized carbons (Fsp3) is 0.824. The van der Waals surface area contributed by atoms with Crippen LogP contribution in [0.1, 0.15) is 43.8 Å². The van der Waals surface area contributed by atoms with E-state index in [0.29, 0.717) is 30.2 Å². The molecule has 4 heterocycles. The van der Waals surface area contributed by atoms with Gasteiger partial charge in [0.05, 0.1) is 12.0 Å². The van der Waals surface area contributed by atoms with Gasteiger partial charge in [-0.05, 0) is 38.6 Å². The second-order valence-corrected chi connectivity index (χ2v) is 7.42. The van der Waals surface area contributed by atoms with E-state index >= 15 is 0 Å². The van der Waals surface area contributed by atoms with E-state index in [1.165, 1.54) is 0 Å². The first-order chi connectivity index (χ1) is 11.7. The van der Waals surface area contributed by atoms with Gasteiger partial charge in [-0.25, -0.2) is 0 Å². The lowest BCUT2D eigenvalue weighted by Crippen LogP contribution is -2.54. The standard InChI is InChI=1S/C17H26N4O3/c1-13-18-15(19-24-13)11-20-8-6-17(12-20)5-2-7-21(16(17)22)14-3-9-23-10-4-14/h14H,2-12H2,1H3. The number of piperidine rings is 1. The molecule has 1 unspecified atom stereocenters. The van der Waals surface area contributed by atoms with E-state index in [9.17, 15) is 4.79 Å². The van der Waals surface area contributed by atoms with Gasteiger partial charge in [0.15, 0.2) is 5.82 Å². The van der Waals surface area contributed by atoms with E-state index in [1.807, 2.05) is 0 Å². The minimum Gasteiger partial charge on any atom is -0.381 e. The summed E-state index contributed by atoms with van der Waals surface area (Å²) in [5.41, 5.74) is -0.199. The van der Waals surface area contributed by atoms with Gasteiger partial charge < -0.3 is 14.2 Å². The third kappa shape index (κ3) is 2.95. The SMILES string of the molecule is Cc1nc(CN2CCC3(CCCN(C4CCOCC4)C3=O)C2)no1. The number of carbonyl (C=O) groups is 1. The Labute approximate surface area is 142 Å². The molecule has 1 amide bonds. The summed E-state index contributed by atoms with van der Waals surface area (Å²) >= 11 is 0. The number of carbonyl (C=O) groups excluding carboxylic acids is 1. The maximum absolute atomic E-state index is 13.3. The highest BCUT2D eigenvalue weighted by Gasteiger charge is 2.49. The highest BCUT2D eigenvalue weighted by Crippen LogP contribution is 2.41. The Morgan fingerprint density at radius 2 is 2.08 bits per heavy atom. The van der Waals surface area contributed by atoms with Gasteiger partial charge in [-0.3, -0.25) is 9.69 Å². The Bertz CT molecular complexity index is 598. The molecule has 1 aromatic heterocycles. The van der Waals surface area contributed by atoms with E-state index in [0.717, 1.165) is 65.0 Å². The Hall–Kier alpha value is -1.47. The lowest BCUT2D eigenvalue weighted by Gasteiger charge is -2.44. The topological polar surface area (TPSA) is 71.7 Å². The summed E-state index contributed by atoms with van der Waals surface area (Å²) in [7, 11) is 0. The van der Waals surface area contributed by atoms with Crippen LogP contribution in [0.4, 0.5) is 0 Å². The van der Waals surface area contributed by atoms with Crippen molar-refractivity contribution >= 4 is 5.91 Å². The number of ether oxygens (including phenoxy) is 1. The molecule has 1 aromatic rings. The van der Waals surface area contributed by atoms with Crippen LogP contribution in [0.5, 0.6) is 0 Å². The fourth-order valence-electron chi connectivity index (χ4n) is 4.52. The summed E-state index contributed by atoms with van der Waals surface area (Å²) in [6.45, 7) is 6.70. The Kier molecular flexibility index (Phi) is 4.30. The molecule has 7 nitrogen and oxygen atoms in total. The van der Waals surface area contributed by atoms with E-state index in [-0.39, 0.29) is 5.41 Å². The van der Waals surface area contributed by atoms with Crippen LogP contribution in [0.2, 0.25) is 0 Å². The summed E-state index contributed by atoms with van der Waals surface area (Å²) in [6.07, 6.45) is 5.02. The average molecular weight is 334 g/mol. The molecular formula is C17H26N4O3. The summed E-state index contributed by atoms with van der Waals surface area (Å²) in [5, 5.41) is 3.98. The third-order valence-electron chi connectivity index (χ3n) is 5.77. The molecule has 4 rings (SSSR count). The summed E-state index contributed by atoms with van der Waals surface area (Å²) in [6, 6.07) is 0.373. The zero-order chi connectivity index (χ0) is 16.6. The fourth-order valence-corrected chi connectivity index (χ4v) is 4.52. The number of nitrogens with zero attached hydrogens (tertiary/aromatic N) is 4. The number of hydrogen-bond donors (Lipinski definition) is 0. The maximum atomic E-state index is 13.3. The quantitative estimate of drug-likeness (QED) is 0.831. The van der Waals surface area contributed by atoms with Crippen LogP contribution in [0, 0.1) is 12.3 Å². The van der Waals surface area contributed by atoms with Gasteiger partial charge in [0.2, 0.25) is 11.8 Å². The third-order valence-corrected chi connectivity index (χ3v) is 5.77. The number of aryl methyl sites for hydroxylation is 1. The van der Waals surface area contributed by atoms with Gasteiger partial charge in [-0.15, -0.1) is 0 Å². The molecule has 3 aliphatic heterocycles. The number of aromatic nitrogens is 2. The molecule has 7 heteroatoms. The lowest BCUT2D eigenvalue weighted by molar-refractivity contribution is -0.150. The van der Waals surface area contributed by atoms with E-state index < -0.39 is 0 Å². The number of likely N-dealkylation sites (tertiary alicyclic amines) is 2. The predicted octanol–water partition coefficient (Wildman–Crippen LogP) is 1.37. The minimum absolute atomic E-state index is 0.199. The average Bonchev–Trinajstić information content (AvgIpc) is 3.19. The summed E-state index contributed by atoms with van der Waals surface area (Å²) < 4.78 is 10.5. The molecule has 0 N–H and O–H groups in total. The molecule has 1 atom stereocenters. The molecule has 3 fully saturated rings. The highest BCUT2D eigenvalue weighted by atomic mass is 16.5. The molecule has 0 saturated carbocycles. The summed E-state index contributed by atoms with van der Waals surface area (Å²) in [4.78, 5) is 22.0. The molecule has 24 heavy (non-hydrogen) atoms. The van der Waals surface area contributed by atoms with E-state index in [1.54, 1.807) is 6.92 Å². The largest absolute Gasteiger partial charge is 0.381 e. The molecule has 1 spiro atoms. The second kappa shape index (κ2) is 6.44. The van der Waals surface area contributed by atoms with Crippen LogP contribution >= 0.6 is 0 Å². The van der Waals surface area contributed by atoms with Crippen LogP contribution in [-0.2, 0) is 16.1 Å². The van der Waals surface area contributed by atoms with Crippen molar-refractivity contribution in [3.63, 3.8) is 0 Å². The van der Waals surface area contributed by atoms with Crippen molar-refractivity contribution in [1.82, 2.24) is 19.9 Å². The van der Waals surface area contributed by atoms with Crippen molar-refractivity contribution < 1.29 is 14.1 Å². The number of amides is 1. The minimum atomic E-state index is -0.199. The van der Waals surface area contributed by atoms with E-state index in [4.69, 9.17) is 9.26 Å². The first kappa shape index (κ1) is 16.0. The van der Waals surface area contributed by atoms with Gasteiger partial charge in [-0.2, -0.15) is 4.98 Å². The van der Waals surface area contributed by atoms with Gasteiger partial charge >= 0.3 is 0 Å². The summed E-state index contributed by atoms with van der Waals surface area (Å²) in [5.74, 6) is 1.68. The van der Waals surface area contributed by atoms with Crippen molar-refractivity contribution in [2.45, 2.75) is 51.6 Å². The molecule has 0 aromatic carbocycles. The number of rotatable bonds is 3. The lowest BCUT2D eigenvalue weighted by atomic mass is 9.77. The molecule has 0 bridgehead atoms. The van der Waals surface area contributed by atoms with Crippen LogP contribution in [0.25, 0.3) is 0 Å². The molecule has 3 aliphatic rings.